The molecular weight excluding hydrogens is 288 g/mol. The van der Waals surface area contributed by atoms with E-state index < -0.39 is 5.97 Å². The summed E-state index contributed by atoms with van der Waals surface area (Å²) in [6, 6.07) is 0. The topological polar surface area (TPSA) is 54.4 Å². The molecule has 3 heteroatoms. The van der Waals surface area contributed by atoms with Gasteiger partial charge in [-0.25, -0.2) is 0 Å². The Morgan fingerprint density at radius 2 is 1.91 bits per heavy atom. The zero-order chi connectivity index (χ0) is 16.9. The van der Waals surface area contributed by atoms with Crippen molar-refractivity contribution in [2.24, 2.45) is 5.92 Å². The molecule has 1 aliphatic carbocycles. The van der Waals surface area contributed by atoms with Crippen molar-refractivity contribution in [1.29, 1.82) is 0 Å². The lowest BCUT2D eigenvalue weighted by atomic mass is 9.96. The lowest BCUT2D eigenvalue weighted by molar-refractivity contribution is -0.137. The molecule has 0 fully saturated rings. The second-order valence-electron chi connectivity index (χ2n) is 5.87. The number of allylic oxidation sites excluding steroid dienone is 8. The fraction of sp³-hybridized carbons (Fsp3) is 0.500. The van der Waals surface area contributed by atoms with Crippen molar-refractivity contribution in [3.8, 4) is 0 Å². The minimum Gasteiger partial charge on any atom is -0.481 e. The monoisotopic (exact) mass is 316 g/mol. The Kier molecular flexibility index (Phi) is 9.69. The molecule has 0 aromatic rings. The Hall–Kier alpha value is -1.90. The molecule has 0 heterocycles. The van der Waals surface area contributed by atoms with Gasteiger partial charge in [-0.3, -0.25) is 9.59 Å². The minimum absolute atomic E-state index is 0.0778. The van der Waals surface area contributed by atoms with Crippen molar-refractivity contribution in [3.05, 3.63) is 48.1 Å². The van der Waals surface area contributed by atoms with Crippen molar-refractivity contribution in [3.63, 3.8) is 0 Å². The zero-order valence-electron chi connectivity index (χ0n) is 14.0. The molecule has 0 aliphatic heterocycles. The van der Waals surface area contributed by atoms with Crippen molar-refractivity contribution in [2.75, 3.05) is 0 Å². The van der Waals surface area contributed by atoms with Crippen LogP contribution >= 0.6 is 0 Å². The van der Waals surface area contributed by atoms with Crippen molar-refractivity contribution < 1.29 is 14.7 Å². The highest BCUT2D eigenvalue weighted by Gasteiger charge is 2.22. The highest BCUT2D eigenvalue weighted by atomic mass is 16.4. The summed E-state index contributed by atoms with van der Waals surface area (Å²) in [5.74, 6) is -0.679. The number of carboxylic acid groups (broad SMARTS) is 1. The van der Waals surface area contributed by atoms with E-state index in [0.29, 0.717) is 12.8 Å². The highest BCUT2D eigenvalue weighted by molar-refractivity contribution is 5.98. The second kappa shape index (κ2) is 11.6. The van der Waals surface area contributed by atoms with Gasteiger partial charge < -0.3 is 5.11 Å². The minimum atomic E-state index is -0.760. The van der Waals surface area contributed by atoms with Gasteiger partial charge in [-0.15, -0.1) is 0 Å². The third-order valence-corrected chi connectivity index (χ3v) is 3.88. The number of hydrogen-bond donors (Lipinski definition) is 1. The molecule has 0 unspecified atom stereocenters. The first kappa shape index (κ1) is 19.1. The number of carboxylic acids is 1. The molecule has 0 aromatic heterocycles. The molecule has 0 saturated carbocycles. The fourth-order valence-corrected chi connectivity index (χ4v) is 2.51. The van der Waals surface area contributed by atoms with Crippen LogP contribution in [0.15, 0.2) is 48.1 Å². The number of unbranched alkanes of at least 4 members (excludes halogenated alkanes) is 4. The molecule has 0 aromatic carbocycles. The van der Waals surface area contributed by atoms with E-state index in [4.69, 9.17) is 5.11 Å². The quantitative estimate of drug-likeness (QED) is 0.431. The van der Waals surface area contributed by atoms with Crippen LogP contribution in [0.3, 0.4) is 0 Å². The second-order valence-corrected chi connectivity index (χ2v) is 5.87. The Balaban J connectivity index is 2.38. The van der Waals surface area contributed by atoms with Gasteiger partial charge in [0, 0.05) is 6.42 Å². The maximum atomic E-state index is 11.9. The third kappa shape index (κ3) is 8.34. The van der Waals surface area contributed by atoms with E-state index in [-0.39, 0.29) is 18.1 Å². The van der Waals surface area contributed by atoms with Crippen molar-refractivity contribution in [1.82, 2.24) is 0 Å². The van der Waals surface area contributed by atoms with Crippen LogP contribution < -0.4 is 0 Å². The van der Waals surface area contributed by atoms with Gasteiger partial charge >= 0.3 is 5.97 Å². The van der Waals surface area contributed by atoms with Gasteiger partial charge in [0.15, 0.2) is 5.78 Å². The van der Waals surface area contributed by atoms with Crippen LogP contribution in [0.4, 0.5) is 0 Å². The lowest BCUT2D eigenvalue weighted by Crippen LogP contribution is -2.07. The van der Waals surface area contributed by atoms with Crippen LogP contribution in [0.5, 0.6) is 0 Å². The van der Waals surface area contributed by atoms with Crippen LogP contribution in [-0.2, 0) is 9.59 Å². The lowest BCUT2D eigenvalue weighted by Gasteiger charge is -2.07. The Labute approximate surface area is 139 Å². The zero-order valence-corrected chi connectivity index (χ0v) is 14.0. The van der Waals surface area contributed by atoms with E-state index >= 15 is 0 Å². The first-order chi connectivity index (χ1) is 11.1. The average molecular weight is 316 g/mol. The molecule has 23 heavy (non-hydrogen) atoms. The van der Waals surface area contributed by atoms with E-state index in [1.807, 2.05) is 24.3 Å². The molecule has 3 nitrogen and oxygen atoms in total. The highest BCUT2D eigenvalue weighted by Crippen LogP contribution is 2.25. The molecule has 0 spiro atoms. The van der Waals surface area contributed by atoms with Crippen LogP contribution in [-0.4, -0.2) is 16.9 Å². The molecule has 0 amide bonds. The van der Waals surface area contributed by atoms with Gasteiger partial charge in [-0.1, -0.05) is 56.2 Å². The number of hydrogen-bond acceptors (Lipinski definition) is 2. The van der Waals surface area contributed by atoms with Crippen LogP contribution in [0.2, 0.25) is 0 Å². The number of rotatable bonds is 11. The Morgan fingerprint density at radius 3 is 2.65 bits per heavy atom. The predicted octanol–water partition coefficient (Wildman–Crippen LogP) is 5.01. The summed E-state index contributed by atoms with van der Waals surface area (Å²) in [7, 11) is 0. The molecular formula is C20H28O3. The number of aliphatic carboxylic acids is 1. The summed E-state index contributed by atoms with van der Waals surface area (Å²) in [6.45, 7) is 2.19. The maximum absolute atomic E-state index is 11.9. The van der Waals surface area contributed by atoms with E-state index in [2.05, 4.69) is 19.1 Å². The van der Waals surface area contributed by atoms with E-state index in [0.717, 1.165) is 18.4 Å². The summed E-state index contributed by atoms with van der Waals surface area (Å²) in [4.78, 5) is 22.3. The summed E-state index contributed by atoms with van der Waals surface area (Å²) in [5, 5.41) is 8.57. The number of carbonyl (C=O) groups excluding carboxylic acids is 1. The van der Waals surface area contributed by atoms with Crippen LogP contribution in [0, 0.1) is 5.92 Å². The molecule has 1 rings (SSSR count). The van der Waals surface area contributed by atoms with Gasteiger partial charge in [0.2, 0.25) is 0 Å². The predicted molar refractivity (Wildman–Crippen MR) is 94.2 cm³/mol. The SMILES string of the molecule is CCCCCC=CC=C1C=CC(=O)[C@@H]1CC=CCCCC(=O)O. The maximum Gasteiger partial charge on any atom is 0.303 e. The van der Waals surface area contributed by atoms with Gasteiger partial charge in [-0.2, -0.15) is 0 Å². The van der Waals surface area contributed by atoms with Crippen molar-refractivity contribution >= 4 is 11.8 Å². The van der Waals surface area contributed by atoms with Gasteiger partial charge in [0.1, 0.15) is 0 Å². The summed E-state index contributed by atoms with van der Waals surface area (Å²) in [5.41, 5.74) is 1.07. The number of carbonyl (C=O) groups is 2. The van der Waals surface area contributed by atoms with Gasteiger partial charge in [-0.05, 0) is 43.8 Å². The summed E-state index contributed by atoms with van der Waals surface area (Å²) < 4.78 is 0. The fourth-order valence-electron chi connectivity index (χ4n) is 2.51. The summed E-state index contributed by atoms with van der Waals surface area (Å²) >= 11 is 0. The molecule has 0 saturated heterocycles. The van der Waals surface area contributed by atoms with Crippen LogP contribution in [0.1, 0.15) is 58.3 Å². The molecule has 0 radical (unpaired) electrons. The Bertz CT molecular complexity index is 495. The molecule has 1 atom stereocenters. The van der Waals surface area contributed by atoms with Gasteiger partial charge in [0.25, 0.3) is 0 Å². The van der Waals surface area contributed by atoms with E-state index in [1.165, 1.54) is 19.3 Å². The molecule has 0 bridgehead atoms. The van der Waals surface area contributed by atoms with Gasteiger partial charge in [0.05, 0.1) is 5.92 Å². The van der Waals surface area contributed by atoms with Crippen LogP contribution in [0.25, 0.3) is 0 Å². The number of ketones is 1. The molecule has 1 aliphatic rings. The summed E-state index contributed by atoms with van der Waals surface area (Å²) in [6.07, 6.45) is 20.9. The standard InChI is InChI=1S/C20H28O3/c1-2-3-4-5-6-9-12-17-15-16-19(21)18(17)13-10-7-8-11-14-20(22)23/h6-7,9-10,12,15-16,18H,2-5,8,11,13-14H2,1H3,(H,22,23)/t18-/m1/s1. The molecule has 1 N–H and O–H groups in total. The van der Waals surface area contributed by atoms with Crippen molar-refractivity contribution in [2.45, 2.75) is 58.3 Å². The smallest absolute Gasteiger partial charge is 0.303 e. The first-order valence-corrected chi connectivity index (χ1v) is 8.60. The first-order valence-electron chi connectivity index (χ1n) is 8.60. The molecule has 126 valence electrons. The van der Waals surface area contributed by atoms with E-state index in [9.17, 15) is 9.59 Å². The third-order valence-electron chi connectivity index (χ3n) is 3.88. The largest absolute Gasteiger partial charge is 0.481 e. The van der Waals surface area contributed by atoms with E-state index in [1.54, 1.807) is 6.08 Å². The Morgan fingerprint density at radius 1 is 1.13 bits per heavy atom. The average Bonchev–Trinajstić information content (AvgIpc) is 2.86. The normalized spacial score (nSPS) is 19.6.